The van der Waals surface area contributed by atoms with Crippen LogP contribution in [-0.4, -0.2) is 25.9 Å². The first-order valence-electron chi connectivity index (χ1n) is 11.5. The minimum atomic E-state index is 0.508. The second kappa shape index (κ2) is 10.5. The van der Waals surface area contributed by atoms with Crippen LogP contribution in [0.4, 0.5) is 17.2 Å². The van der Waals surface area contributed by atoms with Crippen LogP contribution in [-0.2, 0) is 0 Å². The number of benzene rings is 1. The molecule has 1 saturated carbocycles. The Kier molecular flexibility index (Phi) is 6.86. The largest absolute Gasteiger partial charge is 0.361 e. The number of thioether (sulfide) groups is 1. The Hall–Kier alpha value is -3.65. The van der Waals surface area contributed by atoms with Gasteiger partial charge in [0.05, 0.1) is 45.7 Å². The van der Waals surface area contributed by atoms with E-state index in [4.69, 9.17) is 10.8 Å². The Balaban J connectivity index is 1.27. The molecule has 1 aliphatic carbocycles. The maximum absolute atomic E-state index is 5.63. The average molecular weight is 470 g/mol. The van der Waals surface area contributed by atoms with Gasteiger partial charge in [-0.15, -0.1) is 0 Å². The lowest BCUT2D eigenvalue weighted by molar-refractivity contribution is 0.736. The minimum Gasteiger partial charge on any atom is -0.361 e. The molecule has 1 aliphatic rings. The van der Waals surface area contributed by atoms with Crippen LogP contribution in [0.1, 0.15) is 25.7 Å². The molecule has 3 aromatic heterocycles. The molecule has 0 amide bonds. The summed E-state index contributed by atoms with van der Waals surface area (Å²) in [5.41, 5.74) is 5.59. The number of fused-ring (bicyclic) bond motifs is 1. The topological polar surface area (TPSA) is 101 Å². The molecule has 3 heterocycles. The smallest absolute Gasteiger partial charge is 0.127 e. The van der Waals surface area contributed by atoms with Crippen LogP contribution in [0.15, 0.2) is 78.3 Å². The van der Waals surface area contributed by atoms with Gasteiger partial charge in [-0.1, -0.05) is 54.9 Å². The van der Waals surface area contributed by atoms with Crippen LogP contribution in [0.2, 0.25) is 0 Å². The predicted octanol–water partition coefficient (Wildman–Crippen LogP) is 6.00. The number of nitrogens with one attached hydrogen (secondary N) is 2. The fraction of sp³-hybridized carbons (Fsp3) is 0.231. The van der Waals surface area contributed by atoms with Gasteiger partial charge in [0.2, 0.25) is 0 Å². The van der Waals surface area contributed by atoms with Crippen LogP contribution < -0.4 is 16.5 Å². The molecule has 0 aliphatic heterocycles. The molecule has 0 bridgehead atoms. The van der Waals surface area contributed by atoms with Crippen molar-refractivity contribution >= 4 is 45.0 Å². The highest BCUT2D eigenvalue weighted by Crippen LogP contribution is 2.30. The van der Waals surface area contributed by atoms with E-state index in [0.29, 0.717) is 11.8 Å². The van der Waals surface area contributed by atoms with Gasteiger partial charge in [-0.2, -0.15) is 5.10 Å². The molecule has 0 saturated heterocycles. The number of anilines is 3. The van der Waals surface area contributed by atoms with Crippen molar-refractivity contribution in [3.8, 4) is 11.1 Å². The van der Waals surface area contributed by atoms with Crippen molar-refractivity contribution in [2.24, 2.45) is 16.9 Å². The van der Waals surface area contributed by atoms with Crippen LogP contribution in [0.25, 0.3) is 22.2 Å². The maximum atomic E-state index is 5.63. The van der Waals surface area contributed by atoms with E-state index in [-0.39, 0.29) is 0 Å². The van der Waals surface area contributed by atoms with E-state index in [9.17, 15) is 0 Å². The third-order valence-corrected chi connectivity index (χ3v) is 7.00. The summed E-state index contributed by atoms with van der Waals surface area (Å²) in [6.07, 6.45) is 10.4. The van der Waals surface area contributed by atoms with Gasteiger partial charge in [-0.25, -0.2) is 4.98 Å². The molecule has 1 fully saturated rings. The van der Waals surface area contributed by atoms with E-state index in [0.717, 1.165) is 44.4 Å². The Morgan fingerprint density at radius 2 is 1.76 bits per heavy atom. The lowest BCUT2D eigenvalue weighted by Gasteiger charge is -2.12. The van der Waals surface area contributed by atoms with E-state index in [1.807, 2.05) is 48.8 Å². The zero-order chi connectivity index (χ0) is 23.2. The molecule has 0 unspecified atom stereocenters. The summed E-state index contributed by atoms with van der Waals surface area (Å²) in [5.74, 6) is 7.62. The van der Waals surface area contributed by atoms with Gasteiger partial charge in [-0.05, 0) is 42.7 Å². The molecule has 0 radical (unpaired) electrons. The van der Waals surface area contributed by atoms with Gasteiger partial charge < -0.3 is 16.5 Å². The van der Waals surface area contributed by atoms with Crippen LogP contribution >= 0.6 is 11.8 Å². The molecule has 4 aromatic rings. The van der Waals surface area contributed by atoms with Gasteiger partial charge in [-0.3, -0.25) is 9.97 Å². The van der Waals surface area contributed by atoms with Gasteiger partial charge >= 0.3 is 0 Å². The third-order valence-electron chi connectivity index (χ3n) is 5.98. The molecule has 0 atom stereocenters. The second-order valence-corrected chi connectivity index (χ2v) is 9.32. The first-order valence-corrected chi connectivity index (χ1v) is 12.5. The number of aromatic nitrogens is 3. The monoisotopic (exact) mass is 469 g/mol. The van der Waals surface area contributed by atoms with E-state index in [1.165, 1.54) is 25.7 Å². The molecule has 0 spiro atoms. The Morgan fingerprint density at radius 1 is 0.941 bits per heavy atom. The minimum absolute atomic E-state index is 0.508. The fourth-order valence-corrected chi connectivity index (χ4v) is 5.17. The first kappa shape index (κ1) is 22.2. The molecular weight excluding hydrogens is 442 g/mol. The molecule has 8 heteroatoms. The quantitative estimate of drug-likeness (QED) is 0.100. The summed E-state index contributed by atoms with van der Waals surface area (Å²) in [6, 6.07) is 18.2. The Morgan fingerprint density at radius 3 is 2.59 bits per heavy atom. The Labute approximate surface area is 203 Å². The van der Waals surface area contributed by atoms with Crippen LogP contribution in [0.3, 0.4) is 0 Å². The van der Waals surface area contributed by atoms with Gasteiger partial charge in [0.15, 0.2) is 0 Å². The lowest BCUT2D eigenvalue weighted by Crippen LogP contribution is -2.12. The van der Waals surface area contributed by atoms with Crippen molar-refractivity contribution in [2.45, 2.75) is 25.7 Å². The predicted molar refractivity (Wildman–Crippen MR) is 142 cm³/mol. The van der Waals surface area contributed by atoms with Crippen LogP contribution in [0.5, 0.6) is 0 Å². The molecule has 5 rings (SSSR count). The maximum Gasteiger partial charge on any atom is 0.127 e. The lowest BCUT2D eigenvalue weighted by atomic mass is 10.1. The Bertz CT molecular complexity index is 1290. The highest BCUT2D eigenvalue weighted by Gasteiger charge is 2.21. The van der Waals surface area contributed by atoms with Crippen molar-refractivity contribution < 1.29 is 0 Å². The van der Waals surface area contributed by atoms with E-state index in [2.05, 4.69) is 43.9 Å². The SMILES string of the molecule is N/N=C(\SCNc1ccc2ncc(Nc3cncc(-c4ccccc4)c3)cc2n1)C1CCCC1. The number of nitrogens with zero attached hydrogens (tertiary/aromatic N) is 4. The number of hydrazone groups is 1. The summed E-state index contributed by atoms with van der Waals surface area (Å²) in [6.45, 7) is 0. The normalized spacial score (nSPS) is 14.4. The number of rotatable bonds is 7. The number of hydrogen-bond acceptors (Lipinski definition) is 8. The van der Waals surface area contributed by atoms with Gasteiger partial charge in [0.25, 0.3) is 0 Å². The molecule has 4 N–H and O–H groups in total. The van der Waals surface area contributed by atoms with E-state index >= 15 is 0 Å². The zero-order valence-electron chi connectivity index (χ0n) is 18.8. The average Bonchev–Trinajstić information content (AvgIpc) is 3.42. The number of nitrogens with two attached hydrogens (primary N) is 1. The highest BCUT2D eigenvalue weighted by atomic mass is 32.2. The summed E-state index contributed by atoms with van der Waals surface area (Å²) in [4.78, 5) is 13.7. The molecule has 34 heavy (non-hydrogen) atoms. The molecule has 172 valence electrons. The van der Waals surface area contributed by atoms with Crippen molar-refractivity contribution in [1.82, 2.24) is 15.0 Å². The van der Waals surface area contributed by atoms with Crippen molar-refractivity contribution in [1.29, 1.82) is 0 Å². The summed E-state index contributed by atoms with van der Waals surface area (Å²) < 4.78 is 0. The van der Waals surface area contributed by atoms with Gasteiger partial charge in [0.1, 0.15) is 5.82 Å². The van der Waals surface area contributed by atoms with Crippen LogP contribution in [0, 0.1) is 5.92 Å². The second-order valence-electron chi connectivity index (χ2n) is 8.33. The summed E-state index contributed by atoms with van der Waals surface area (Å²) >= 11 is 1.66. The van der Waals surface area contributed by atoms with E-state index in [1.54, 1.807) is 18.0 Å². The molecule has 1 aromatic carbocycles. The number of hydrogen-bond donors (Lipinski definition) is 3. The first-order chi connectivity index (χ1) is 16.8. The third kappa shape index (κ3) is 5.28. The fourth-order valence-electron chi connectivity index (χ4n) is 4.25. The summed E-state index contributed by atoms with van der Waals surface area (Å²) in [5, 5.41) is 11.8. The highest BCUT2D eigenvalue weighted by molar-refractivity contribution is 8.14. The zero-order valence-corrected chi connectivity index (χ0v) is 19.6. The summed E-state index contributed by atoms with van der Waals surface area (Å²) in [7, 11) is 0. The van der Waals surface area contributed by atoms with Gasteiger partial charge in [0, 0.05) is 17.7 Å². The van der Waals surface area contributed by atoms with Crippen molar-refractivity contribution in [3.05, 3.63) is 73.2 Å². The molecule has 7 nitrogen and oxygen atoms in total. The van der Waals surface area contributed by atoms with Crippen molar-refractivity contribution in [2.75, 3.05) is 16.5 Å². The standard InChI is InChI=1S/C26H27N7S/c27-33-26(19-8-4-5-9-19)34-17-30-25-11-10-23-24(32-25)13-22(16-29-23)31-21-12-20(14-28-15-21)18-6-2-1-3-7-18/h1-3,6-7,10-16,19,31H,4-5,8-9,17,27H2,(H,30,32)/b33-26-. The molecular formula is C26H27N7S. The van der Waals surface area contributed by atoms with E-state index < -0.39 is 0 Å². The van der Waals surface area contributed by atoms with Crippen molar-refractivity contribution in [3.63, 3.8) is 0 Å². The number of pyridine rings is 3.